The Kier molecular flexibility index (Phi) is 5.75. The van der Waals surface area contributed by atoms with Crippen LogP contribution >= 0.6 is 11.3 Å². The number of hydrogen-bond donors (Lipinski definition) is 1. The van der Waals surface area contributed by atoms with Crippen molar-refractivity contribution in [3.8, 4) is 33.8 Å². The van der Waals surface area contributed by atoms with Crippen LogP contribution in [0.5, 0.6) is 11.5 Å². The summed E-state index contributed by atoms with van der Waals surface area (Å²) in [7, 11) is -2.18. The van der Waals surface area contributed by atoms with E-state index in [0.29, 0.717) is 31.1 Å². The topological polar surface area (TPSA) is 105 Å². The average Bonchev–Trinajstić information content (AvgIpc) is 3.69. The van der Waals surface area contributed by atoms with Crippen LogP contribution in [-0.2, 0) is 14.9 Å². The summed E-state index contributed by atoms with van der Waals surface area (Å²) in [5.41, 5.74) is 6.78. The van der Waals surface area contributed by atoms with Crippen LogP contribution in [0.25, 0.3) is 44.2 Å². The first-order valence-corrected chi connectivity index (χ1v) is 16.0. The number of carbonyl (C=O) groups is 1. The van der Waals surface area contributed by atoms with Gasteiger partial charge in [0.25, 0.3) is 0 Å². The molecule has 2 aliphatic rings. The number of aromatic nitrogens is 2. The number of anilines is 2. The van der Waals surface area contributed by atoms with Gasteiger partial charge in [0.15, 0.2) is 9.96 Å². The Bertz CT molecular complexity index is 2180. The number of aromatic amines is 1. The van der Waals surface area contributed by atoms with Crippen LogP contribution in [0.4, 0.5) is 11.4 Å². The van der Waals surface area contributed by atoms with Gasteiger partial charge in [-0.25, -0.2) is 4.98 Å². The first-order valence-electron chi connectivity index (χ1n) is 13.7. The standard InChI is InChI=1S/C32H24N4O5S2/c1-35-25-12-10-21(31-30(25)36(13-14-40-31)18-26(35)37)23-17-33-32-29(28(23)19-6-3-2-4-7-19)22-16-20(9-11-24(22)34-32)41-43(38,39)27-8-5-15-42-27/h2-12,15-17H,13-14,18H2,1H3,(H,33,34). The largest absolute Gasteiger partial charge is 0.489 e. The number of ether oxygens (including phenoxy) is 1. The van der Waals surface area contributed by atoms with Crippen LogP contribution < -0.4 is 18.7 Å². The number of amides is 1. The summed E-state index contributed by atoms with van der Waals surface area (Å²) in [4.78, 5) is 24.6. The van der Waals surface area contributed by atoms with Crippen molar-refractivity contribution in [1.29, 1.82) is 0 Å². The second kappa shape index (κ2) is 9.58. The highest BCUT2D eigenvalue weighted by molar-refractivity contribution is 7.89. The molecule has 3 aromatic heterocycles. The fourth-order valence-electron chi connectivity index (χ4n) is 6.00. The van der Waals surface area contributed by atoms with E-state index in [-0.39, 0.29) is 15.9 Å². The van der Waals surface area contributed by atoms with E-state index in [1.54, 1.807) is 41.6 Å². The number of rotatable bonds is 5. The summed E-state index contributed by atoms with van der Waals surface area (Å²) in [6.45, 7) is 1.39. The number of thiophene rings is 1. The van der Waals surface area contributed by atoms with Crippen LogP contribution in [0.2, 0.25) is 0 Å². The molecule has 43 heavy (non-hydrogen) atoms. The molecule has 0 saturated heterocycles. The number of nitrogens with one attached hydrogen (secondary N) is 1. The van der Waals surface area contributed by atoms with Crippen LogP contribution in [0.3, 0.4) is 0 Å². The van der Waals surface area contributed by atoms with Gasteiger partial charge in [-0.15, -0.1) is 11.3 Å². The fraction of sp³-hybridized carbons (Fsp3) is 0.125. The molecule has 1 N–H and O–H groups in total. The van der Waals surface area contributed by atoms with Crippen LogP contribution in [0.1, 0.15) is 0 Å². The first-order chi connectivity index (χ1) is 20.9. The van der Waals surface area contributed by atoms with Gasteiger partial charge in [-0.2, -0.15) is 8.42 Å². The second-order valence-corrected chi connectivity index (χ2v) is 13.2. The average molecular weight is 609 g/mol. The molecule has 9 nitrogen and oxygen atoms in total. The normalized spacial score (nSPS) is 14.7. The summed E-state index contributed by atoms with van der Waals surface area (Å²) in [6, 6.07) is 22.4. The molecule has 5 heterocycles. The molecule has 1 amide bonds. The van der Waals surface area contributed by atoms with Gasteiger partial charge in [-0.1, -0.05) is 36.4 Å². The van der Waals surface area contributed by atoms with E-state index in [2.05, 4.69) is 9.88 Å². The Morgan fingerprint density at radius 2 is 1.88 bits per heavy atom. The quantitative estimate of drug-likeness (QED) is 0.238. The van der Waals surface area contributed by atoms with Gasteiger partial charge in [0.2, 0.25) is 5.91 Å². The van der Waals surface area contributed by atoms with Gasteiger partial charge in [0, 0.05) is 46.2 Å². The number of carbonyl (C=O) groups excluding carboxylic acids is 1. The zero-order chi connectivity index (χ0) is 29.3. The summed E-state index contributed by atoms with van der Waals surface area (Å²) in [6.07, 6.45) is 1.84. The summed E-state index contributed by atoms with van der Waals surface area (Å²) < 4.78 is 37.9. The molecule has 11 heteroatoms. The molecule has 6 aromatic rings. The number of hydrogen-bond acceptors (Lipinski definition) is 8. The minimum absolute atomic E-state index is 0.0408. The van der Waals surface area contributed by atoms with Crippen molar-refractivity contribution >= 4 is 60.7 Å². The lowest BCUT2D eigenvalue weighted by Gasteiger charge is -2.40. The Labute approximate surface area is 251 Å². The molecule has 0 bridgehead atoms. The molecule has 0 spiro atoms. The van der Waals surface area contributed by atoms with E-state index >= 15 is 0 Å². The molecule has 3 aromatic carbocycles. The third-order valence-electron chi connectivity index (χ3n) is 7.99. The molecular weight excluding hydrogens is 585 g/mol. The zero-order valence-corrected chi connectivity index (χ0v) is 24.5. The first kappa shape index (κ1) is 25.8. The highest BCUT2D eigenvalue weighted by atomic mass is 32.3. The SMILES string of the molecule is CN1C(=O)CN2CCOc3c(-c4cnc5[nH]c6ccc(OS(=O)(=O)c7cccs7)cc6c5c4-c4ccccc4)ccc1c32. The lowest BCUT2D eigenvalue weighted by molar-refractivity contribution is -0.117. The predicted octanol–water partition coefficient (Wildman–Crippen LogP) is 6.05. The molecule has 0 atom stereocenters. The number of fused-ring (bicyclic) bond motifs is 3. The van der Waals surface area contributed by atoms with Crippen molar-refractivity contribution < 1.29 is 22.1 Å². The lowest BCUT2D eigenvalue weighted by Crippen LogP contribution is -2.47. The number of likely N-dealkylation sites (N-methyl/N-ethyl adjacent to an activating group) is 1. The number of benzene rings is 3. The van der Waals surface area contributed by atoms with Crippen LogP contribution in [0.15, 0.2) is 88.6 Å². The monoisotopic (exact) mass is 608 g/mol. The number of pyridine rings is 1. The molecule has 8 rings (SSSR count). The second-order valence-electron chi connectivity index (χ2n) is 10.5. The maximum absolute atomic E-state index is 12.9. The van der Waals surface area contributed by atoms with Crippen molar-refractivity contribution in [3.63, 3.8) is 0 Å². The molecule has 0 radical (unpaired) electrons. The van der Waals surface area contributed by atoms with E-state index in [9.17, 15) is 13.2 Å². The van der Waals surface area contributed by atoms with Crippen molar-refractivity contribution in [2.45, 2.75) is 4.21 Å². The molecule has 2 aliphatic heterocycles. The smallest absolute Gasteiger partial charge is 0.348 e. The van der Waals surface area contributed by atoms with E-state index in [0.717, 1.165) is 61.3 Å². The van der Waals surface area contributed by atoms with Gasteiger partial charge < -0.3 is 23.7 Å². The number of nitrogens with zero attached hydrogens (tertiary/aromatic N) is 3. The van der Waals surface area contributed by atoms with Crippen LogP contribution in [0, 0.1) is 0 Å². The summed E-state index contributed by atoms with van der Waals surface area (Å²) >= 11 is 1.11. The van der Waals surface area contributed by atoms with Crippen molar-refractivity contribution in [1.82, 2.24) is 9.97 Å². The van der Waals surface area contributed by atoms with Crippen molar-refractivity contribution in [2.75, 3.05) is 36.5 Å². The zero-order valence-electron chi connectivity index (χ0n) is 22.9. The third kappa shape index (κ3) is 4.07. The minimum Gasteiger partial charge on any atom is -0.489 e. The fourth-order valence-corrected chi connectivity index (χ4v) is 7.87. The van der Waals surface area contributed by atoms with Gasteiger partial charge in [0.1, 0.15) is 23.7 Å². The molecular formula is C32H24N4O5S2. The molecule has 214 valence electrons. The van der Waals surface area contributed by atoms with Crippen molar-refractivity contribution in [3.05, 3.63) is 84.4 Å². The molecule has 0 saturated carbocycles. The maximum atomic E-state index is 12.9. The van der Waals surface area contributed by atoms with E-state index in [1.165, 1.54) is 6.07 Å². The molecule has 0 fully saturated rings. The Hall–Kier alpha value is -4.87. The van der Waals surface area contributed by atoms with Gasteiger partial charge in [0.05, 0.1) is 18.8 Å². The minimum atomic E-state index is -3.97. The van der Waals surface area contributed by atoms with Gasteiger partial charge >= 0.3 is 10.1 Å². The maximum Gasteiger partial charge on any atom is 0.348 e. The number of H-pyrrole nitrogens is 1. The highest BCUT2D eigenvalue weighted by Crippen LogP contribution is 2.51. The Balaban J connectivity index is 1.38. The van der Waals surface area contributed by atoms with Crippen LogP contribution in [-0.4, -0.2) is 51.0 Å². The summed E-state index contributed by atoms with van der Waals surface area (Å²) in [5.74, 6) is 0.966. The Morgan fingerprint density at radius 3 is 2.70 bits per heavy atom. The lowest BCUT2D eigenvalue weighted by atomic mass is 9.91. The van der Waals surface area contributed by atoms with E-state index in [4.69, 9.17) is 13.9 Å². The van der Waals surface area contributed by atoms with E-state index < -0.39 is 10.1 Å². The third-order valence-corrected chi connectivity index (χ3v) is 10.6. The van der Waals surface area contributed by atoms with Crippen molar-refractivity contribution in [2.24, 2.45) is 0 Å². The van der Waals surface area contributed by atoms with Gasteiger partial charge in [-0.05, 0) is 47.3 Å². The van der Waals surface area contributed by atoms with Gasteiger partial charge in [-0.3, -0.25) is 4.79 Å². The van der Waals surface area contributed by atoms with E-state index in [1.807, 2.05) is 48.7 Å². The highest BCUT2D eigenvalue weighted by Gasteiger charge is 2.34. The summed E-state index contributed by atoms with van der Waals surface area (Å²) in [5, 5.41) is 3.31. The molecule has 0 unspecified atom stereocenters. The Morgan fingerprint density at radius 1 is 1.02 bits per heavy atom. The molecule has 0 aliphatic carbocycles. The predicted molar refractivity (Wildman–Crippen MR) is 168 cm³/mol.